The Bertz CT molecular complexity index is 598. The highest BCUT2D eigenvalue weighted by Gasteiger charge is 2.15. The molecule has 1 aromatic carbocycles. The largest absolute Gasteiger partial charge is 0.303 e. The van der Waals surface area contributed by atoms with Crippen molar-refractivity contribution in [1.29, 1.82) is 0 Å². The summed E-state index contributed by atoms with van der Waals surface area (Å²) in [6.07, 6.45) is 8.51. The van der Waals surface area contributed by atoms with Gasteiger partial charge in [0, 0.05) is 10.2 Å². The van der Waals surface area contributed by atoms with E-state index in [1.807, 2.05) is 12.4 Å². The summed E-state index contributed by atoms with van der Waals surface area (Å²) >= 11 is 3.52. The van der Waals surface area contributed by atoms with Gasteiger partial charge in [0.05, 0.1) is 11.4 Å². The lowest BCUT2D eigenvalue weighted by Crippen LogP contribution is -2.05. The fraction of sp³-hybridized carbons (Fsp3) is 0.267. The van der Waals surface area contributed by atoms with Crippen LogP contribution >= 0.6 is 15.9 Å². The van der Waals surface area contributed by atoms with Crippen LogP contribution in [0.4, 0.5) is 0 Å². The standard InChI is InChI=1S/C15H15BrN2/c1-11-4-2-7-14-15(8-11)18(10-17-14)13-6-3-5-12(16)9-13/h2-3,5-7,9-11H,4,8H2,1H3. The Hall–Kier alpha value is -1.35. The highest BCUT2D eigenvalue weighted by atomic mass is 79.9. The molecule has 1 aromatic heterocycles. The lowest BCUT2D eigenvalue weighted by atomic mass is 10.0. The predicted octanol–water partition coefficient (Wildman–Crippen LogP) is 4.23. The number of hydrogen-bond acceptors (Lipinski definition) is 1. The molecule has 1 atom stereocenters. The van der Waals surface area contributed by atoms with Crippen molar-refractivity contribution in [3.8, 4) is 5.69 Å². The molecule has 3 rings (SSSR count). The van der Waals surface area contributed by atoms with Crippen LogP contribution < -0.4 is 0 Å². The number of rotatable bonds is 1. The minimum atomic E-state index is 0.671. The Kier molecular flexibility index (Phi) is 3.08. The molecular formula is C15H15BrN2. The van der Waals surface area contributed by atoms with Gasteiger partial charge in [-0.3, -0.25) is 0 Å². The van der Waals surface area contributed by atoms with Crippen LogP contribution in [0, 0.1) is 5.92 Å². The van der Waals surface area contributed by atoms with E-state index in [4.69, 9.17) is 0 Å². The number of nitrogens with zero attached hydrogens (tertiary/aromatic N) is 2. The zero-order valence-electron chi connectivity index (χ0n) is 10.3. The summed E-state index contributed by atoms with van der Waals surface area (Å²) in [5.41, 5.74) is 3.59. The van der Waals surface area contributed by atoms with Crippen LogP contribution in [0.15, 0.2) is 41.1 Å². The Morgan fingerprint density at radius 2 is 2.28 bits per heavy atom. The molecule has 0 aliphatic heterocycles. The normalized spacial score (nSPS) is 18.4. The Labute approximate surface area is 115 Å². The van der Waals surface area contributed by atoms with E-state index in [1.54, 1.807) is 0 Å². The highest BCUT2D eigenvalue weighted by Crippen LogP contribution is 2.25. The van der Waals surface area contributed by atoms with E-state index in [2.05, 4.69) is 62.8 Å². The van der Waals surface area contributed by atoms with Gasteiger partial charge >= 0.3 is 0 Å². The Morgan fingerprint density at radius 3 is 3.11 bits per heavy atom. The lowest BCUT2D eigenvalue weighted by molar-refractivity contribution is 0.579. The molecule has 0 fully saturated rings. The van der Waals surface area contributed by atoms with Crippen molar-refractivity contribution in [3.63, 3.8) is 0 Å². The van der Waals surface area contributed by atoms with Gasteiger partial charge in [0.15, 0.2) is 0 Å². The summed E-state index contributed by atoms with van der Waals surface area (Å²) in [5.74, 6) is 0.671. The van der Waals surface area contributed by atoms with Gasteiger partial charge in [-0.25, -0.2) is 4.98 Å². The molecule has 1 aliphatic rings. The van der Waals surface area contributed by atoms with Gasteiger partial charge < -0.3 is 4.57 Å². The molecule has 1 heterocycles. The third-order valence-corrected chi connectivity index (χ3v) is 3.83. The maximum absolute atomic E-state index is 4.52. The van der Waals surface area contributed by atoms with Crippen molar-refractivity contribution in [2.45, 2.75) is 19.8 Å². The fourth-order valence-electron chi connectivity index (χ4n) is 2.40. The van der Waals surface area contributed by atoms with Gasteiger partial charge in [0.25, 0.3) is 0 Å². The summed E-state index contributed by atoms with van der Waals surface area (Å²) in [6.45, 7) is 2.29. The third kappa shape index (κ3) is 2.15. The topological polar surface area (TPSA) is 17.8 Å². The van der Waals surface area contributed by atoms with Crippen LogP contribution in [0.25, 0.3) is 11.8 Å². The molecule has 0 saturated heterocycles. The molecule has 0 N–H and O–H groups in total. The third-order valence-electron chi connectivity index (χ3n) is 3.34. The smallest absolute Gasteiger partial charge is 0.100 e. The maximum atomic E-state index is 4.52. The second-order valence-electron chi connectivity index (χ2n) is 4.87. The van der Waals surface area contributed by atoms with Crippen LogP contribution in [0.2, 0.25) is 0 Å². The van der Waals surface area contributed by atoms with E-state index < -0.39 is 0 Å². The second-order valence-corrected chi connectivity index (χ2v) is 5.79. The van der Waals surface area contributed by atoms with Crippen molar-refractivity contribution in [3.05, 3.63) is 52.5 Å². The van der Waals surface area contributed by atoms with Crippen LogP contribution in [-0.4, -0.2) is 9.55 Å². The quantitative estimate of drug-likeness (QED) is 0.771. The number of halogens is 1. The fourth-order valence-corrected chi connectivity index (χ4v) is 2.79. The number of fused-ring (bicyclic) bond motifs is 1. The molecule has 2 aromatic rings. The molecule has 1 unspecified atom stereocenters. The average Bonchev–Trinajstić information content (AvgIpc) is 2.63. The van der Waals surface area contributed by atoms with Crippen molar-refractivity contribution in [1.82, 2.24) is 9.55 Å². The van der Waals surface area contributed by atoms with Gasteiger partial charge in [-0.15, -0.1) is 0 Å². The molecule has 1 aliphatic carbocycles. The number of aromatic nitrogens is 2. The molecule has 0 spiro atoms. The van der Waals surface area contributed by atoms with Crippen LogP contribution in [0.3, 0.4) is 0 Å². The number of allylic oxidation sites excluding steroid dienone is 1. The van der Waals surface area contributed by atoms with Gasteiger partial charge in [-0.05, 0) is 43.0 Å². The SMILES string of the molecule is CC1CC=Cc2ncn(-c3cccc(Br)c3)c2C1. The van der Waals surface area contributed by atoms with Gasteiger partial charge in [0.1, 0.15) is 6.33 Å². The molecule has 92 valence electrons. The molecule has 18 heavy (non-hydrogen) atoms. The molecule has 0 amide bonds. The molecule has 2 nitrogen and oxygen atoms in total. The summed E-state index contributed by atoms with van der Waals surface area (Å²) < 4.78 is 3.30. The Morgan fingerprint density at radius 1 is 1.39 bits per heavy atom. The van der Waals surface area contributed by atoms with Crippen molar-refractivity contribution < 1.29 is 0 Å². The van der Waals surface area contributed by atoms with E-state index in [1.165, 1.54) is 11.4 Å². The second kappa shape index (κ2) is 4.73. The van der Waals surface area contributed by atoms with Crippen LogP contribution in [-0.2, 0) is 6.42 Å². The minimum absolute atomic E-state index is 0.671. The first-order valence-corrected chi connectivity index (χ1v) is 7.02. The van der Waals surface area contributed by atoms with E-state index in [0.29, 0.717) is 5.92 Å². The highest BCUT2D eigenvalue weighted by molar-refractivity contribution is 9.10. The molecule has 0 saturated carbocycles. The average molecular weight is 303 g/mol. The van der Waals surface area contributed by atoms with Crippen molar-refractivity contribution in [2.24, 2.45) is 5.92 Å². The van der Waals surface area contributed by atoms with Gasteiger partial charge in [-0.1, -0.05) is 35.0 Å². The lowest BCUT2D eigenvalue weighted by Gasteiger charge is -2.11. The van der Waals surface area contributed by atoms with E-state index >= 15 is 0 Å². The zero-order chi connectivity index (χ0) is 12.5. The van der Waals surface area contributed by atoms with E-state index in [-0.39, 0.29) is 0 Å². The molecule has 0 bridgehead atoms. The van der Waals surface area contributed by atoms with Gasteiger partial charge in [0.2, 0.25) is 0 Å². The Balaban J connectivity index is 2.10. The number of imidazole rings is 1. The zero-order valence-corrected chi connectivity index (χ0v) is 11.9. The predicted molar refractivity (Wildman–Crippen MR) is 77.8 cm³/mol. The first-order chi connectivity index (χ1) is 8.74. The van der Waals surface area contributed by atoms with Crippen LogP contribution in [0.1, 0.15) is 24.7 Å². The summed E-state index contributed by atoms with van der Waals surface area (Å²) in [4.78, 5) is 4.52. The number of hydrogen-bond donors (Lipinski definition) is 0. The molecular weight excluding hydrogens is 288 g/mol. The van der Waals surface area contributed by atoms with Gasteiger partial charge in [-0.2, -0.15) is 0 Å². The molecule has 3 heteroatoms. The first kappa shape index (κ1) is 11.7. The van der Waals surface area contributed by atoms with Crippen molar-refractivity contribution in [2.75, 3.05) is 0 Å². The number of benzene rings is 1. The van der Waals surface area contributed by atoms with Crippen LogP contribution in [0.5, 0.6) is 0 Å². The van der Waals surface area contributed by atoms with Crippen molar-refractivity contribution >= 4 is 22.0 Å². The molecule has 0 radical (unpaired) electrons. The summed E-state index contributed by atoms with van der Waals surface area (Å²) in [5, 5.41) is 0. The summed E-state index contributed by atoms with van der Waals surface area (Å²) in [6, 6.07) is 8.34. The summed E-state index contributed by atoms with van der Waals surface area (Å²) in [7, 11) is 0. The maximum Gasteiger partial charge on any atom is 0.100 e. The minimum Gasteiger partial charge on any atom is -0.303 e. The monoisotopic (exact) mass is 302 g/mol. The van der Waals surface area contributed by atoms with E-state index in [9.17, 15) is 0 Å². The van der Waals surface area contributed by atoms with E-state index in [0.717, 1.165) is 23.0 Å². The first-order valence-electron chi connectivity index (χ1n) is 6.23.